The molecule has 0 unspecified atom stereocenters. The van der Waals surface area contributed by atoms with Crippen LogP contribution in [0.4, 0.5) is 11.5 Å². The number of amides is 1. The van der Waals surface area contributed by atoms with E-state index in [0.29, 0.717) is 37.7 Å². The van der Waals surface area contributed by atoms with Gasteiger partial charge in [0.15, 0.2) is 5.82 Å². The first kappa shape index (κ1) is 22.7. The molecule has 0 bridgehead atoms. The Morgan fingerprint density at radius 2 is 1.70 bits per heavy atom. The van der Waals surface area contributed by atoms with Gasteiger partial charge in [-0.25, -0.2) is 8.42 Å². The summed E-state index contributed by atoms with van der Waals surface area (Å²) in [6, 6.07) is 17.6. The summed E-state index contributed by atoms with van der Waals surface area (Å²) < 4.78 is 32.7. The summed E-state index contributed by atoms with van der Waals surface area (Å²) in [4.78, 5) is 13.4. The van der Waals surface area contributed by atoms with Crippen molar-refractivity contribution in [2.75, 3.05) is 43.5 Å². The highest BCUT2D eigenvalue weighted by Gasteiger charge is 2.29. The molecule has 9 nitrogen and oxygen atoms in total. The normalized spacial score (nSPS) is 14.7. The van der Waals surface area contributed by atoms with Crippen molar-refractivity contribution in [1.82, 2.24) is 14.5 Å². The third-order valence-corrected chi connectivity index (χ3v) is 7.30. The second kappa shape index (κ2) is 9.55. The molecule has 0 radical (unpaired) electrons. The lowest BCUT2D eigenvalue weighted by Crippen LogP contribution is -2.49. The van der Waals surface area contributed by atoms with Crippen molar-refractivity contribution in [3.8, 4) is 17.0 Å². The lowest BCUT2D eigenvalue weighted by Gasteiger charge is -2.34. The molecule has 0 atom stereocenters. The van der Waals surface area contributed by atoms with Gasteiger partial charge in [0.2, 0.25) is 15.9 Å². The van der Waals surface area contributed by atoms with E-state index in [2.05, 4.69) is 15.5 Å². The third-order valence-electron chi connectivity index (χ3n) is 5.39. The fourth-order valence-electron chi connectivity index (χ4n) is 3.65. The van der Waals surface area contributed by atoms with Gasteiger partial charge >= 0.3 is 0 Å². The smallest absolute Gasteiger partial charge is 0.243 e. The Balaban J connectivity index is 1.40. The molecule has 1 amide bonds. The van der Waals surface area contributed by atoms with E-state index in [-0.39, 0.29) is 10.8 Å². The van der Waals surface area contributed by atoms with Gasteiger partial charge in [-0.05, 0) is 48.5 Å². The summed E-state index contributed by atoms with van der Waals surface area (Å²) in [6.45, 7) is 3.11. The van der Waals surface area contributed by atoms with Gasteiger partial charge in [-0.3, -0.25) is 4.79 Å². The first-order valence-electron chi connectivity index (χ1n) is 10.5. The number of ether oxygens (including phenoxy) is 1. The number of hydrogen-bond donors (Lipinski definition) is 1. The highest BCUT2D eigenvalue weighted by Crippen LogP contribution is 2.24. The van der Waals surface area contributed by atoms with Gasteiger partial charge in [0.05, 0.1) is 17.7 Å². The van der Waals surface area contributed by atoms with E-state index in [4.69, 9.17) is 4.74 Å². The molecule has 1 saturated heterocycles. The summed E-state index contributed by atoms with van der Waals surface area (Å²) in [7, 11) is -2.00. The topological polar surface area (TPSA) is 105 Å². The Morgan fingerprint density at radius 3 is 2.30 bits per heavy atom. The standard InChI is InChI=1S/C23H25N5O4S/c1-17(29)24-19-6-8-21(9-7-19)33(30,31)28-14-12-27(13-15-28)23-11-10-22(25-26-23)18-4-3-5-20(16-18)32-2/h3-11,16H,12-15H2,1-2H3,(H,24,29). The second-order valence-electron chi connectivity index (χ2n) is 7.61. The molecule has 1 aliphatic rings. The van der Waals surface area contributed by atoms with E-state index in [9.17, 15) is 13.2 Å². The average Bonchev–Trinajstić information content (AvgIpc) is 2.84. The van der Waals surface area contributed by atoms with Crippen LogP contribution in [-0.2, 0) is 14.8 Å². The van der Waals surface area contributed by atoms with Gasteiger partial charge in [-0.15, -0.1) is 10.2 Å². The quantitative estimate of drug-likeness (QED) is 0.594. The number of anilines is 2. The van der Waals surface area contributed by atoms with Crippen LogP contribution >= 0.6 is 0 Å². The Kier molecular flexibility index (Phi) is 6.57. The molecule has 2 heterocycles. The summed E-state index contributed by atoms with van der Waals surface area (Å²) in [5.41, 5.74) is 2.21. The van der Waals surface area contributed by atoms with Crippen LogP contribution < -0.4 is 15.0 Å². The zero-order valence-electron chi connectivity index (χ0n) is 18.4. The van der Waals surface area contributed by atoms with E-state index in [1.807, 2.05) is 41.3 Å². The highest BCUT2D eigenvalue weighted by atomic mass is 32.2. The number of piperazine rings is 1. The number of aromatic nitrogens is 2. The molecule has 0 spiro atoms. The average molecular weight is 468 g/mol. The van der Waals surface area contributed by atoms with E-state index < -0.39 is 10.0 Å². The van der Waals surface area contributed by atoms with Gasteiger partial charge in [-0.1, -0.05) is 12.1 Å². The van der Waals surface area contributed by atoms with Crippen molar-refractivity contribution in [1.29, 1.82) is 0 Å². The molecule has 2 aromatic carbocycles. The maximum absolute atomic E-state index is 13.0. The van der Waals surface area contributed by atoms with Crippen LogP contribution in [0.25, 0.3) is 11.3 Å². The van der Waals surface area contributed by atoms with Gasteiger partial charge in [0, 0.05) is 44.4 Å². The Bertz CT molecular complexity index is 1220. The predicted octanol–water partition coefficient (Wildman–Crippen LogP) is 2.62. The van der Waals surface area contributed by atoms with Crippen molar-refractivity contribution < 1.29 is 17.9 Å². The maximum atomic E-state index is 13.0. The zero-order valence-corrected chi connectivity index (χ0v) is 19.2. The van der Waals surface area contributed by atoms with Crippen molar-refractivity contribution in [3.63, 3.8) is 0 Å². The number of benzene rings is 2. The van der Waals surface area contributed by atoms with E-state index in [1.165, 1.54) is 23.4 Å². The zero-order chi connectivity index (χ0) is 23.4. The first-order chi connectivity index (χ1) is 15.9. The molecule has 1 N–H and O–H groups in total. The van der Waals surface area contributed by atoms with Crippen molar-refractivity contribution in [2.45, 2.75) is 11.8 Å². The first-order valence-corrected chi connectivity index (χ1v) is 11.9. The number of methoxy groups -OCH3 is 1. The van der Waals surface area contributed by atoms with E-state index in [1.54, 1.807) is 19.2 Å². The van der Waals surface area contributed by atoms with Crippen LogP contribution in [0.3, 0.4) is 0 Å². The minimum absolute atomic E-state index is 0.201. The lowest BCUT2D eigenvalue weighted by atomic mass is 10.1. The Labute approximate surface area is 193 Å². The Morgan fingerprint density at radius 1 is 0.970 bits per heavy atom. The van der Waals surface area contributed by atoms with Crippen LogP contribution in [0.5, 0.6) is 5.75 Å². The maximum Gasteiger partial charge on any atom is 0.243 e. The molecule has 33 heavy (non-hydrogen) atoms. The fraction of sp³-hybridized carbons (Fsp3) is 0.261. The monoisotopic (exact) mass is 467 g/mol. The number of rotatable bonds is 6. The number of carbonyl (C=O) groups excluding carboxylic acids is 1. The van der Waals surface area contributed by atoms with Gasteiger partial charge in [0.25, 0.3) is 0 Å². The molecule has 10 heteroatoms. The number of nitrogens with zero attached hydrogens (tertiary/aromatic N) is 4. The molecule has 172 valence electrons. The van der Waals surface area contributed by atoms with Crippen LogP contribution in [0, 0.1) is 0 Å². The number of hydrogen-bond acceptors (Lipinski definition) is 7. The number of nitrogens with one attached hydrogen (secondary N) is 1. The van der Waals surface area contributed by atoms with Crippen LogP contribution in [-0.4, -0.2) is 62.1 Å². The minimum Gasteiger partial charge on any atom is -0.497 e. The van der Waals surface area contributed by atoms with Gasteiger partial charge < -0.3 is 15.0 Å². The summed E-state index contributed by atoms with van der Waals surface area (Å²) >= 11 is 0. The van der Waals surface area contributed by atoms with Gasteiger partial charge in [-0.2, -0.15) is 4.31 Å². The molecule has 1 aliphatic heterocycles. The number of sulfonamides is 1. The van der Waals surface area contributed by atoms with Crippen LogP contribution in [0.15, 0.2) is 65.6 Å². The number of carbonyl (C=O) groups is 1. The highest BCUT2D eigenvalue weighted by molar-refractivity contribution is 7.89. The van der Waals surface area contributed by atoms with Crippen LogP contribution in [0.1, 0.15) is 6.92 Å². The van der Waals surface area contributed by atoms with Gasteiger partial charge in [0.1, 0.15) is 5.75 Å². The van der Waals surface area contributed by atoms with E-state index in [0.717, 1.165) is 17.0 Å². The molecular formula is C23H25N5O4S. The molecule has 3 aromatic rings. The molecule has 0 saturated carbocycles. The van der Waals surface area contributed by atoms with E-state index >= 15 is 0 Å². The minimum atomic E-state index is -3.62. The Hall–Kier alpha value is -3.50. The summed E-state index contributed by atoms with van der Waals surface area (Å²) in [6.07, 6.45) is 0. The molecule has 4 rings (SSSR count). The summed E-state index contributed by atoms with van der Waals surface area (Å²) in [5, 5.41) is 11.3. The molecule has 0 aliphatic carbocycles. The van der Waals surface area contributed by atoms with Crippen LogP contribution in [0.2, 0.25) is 0 Å². The largest absolute Gasteiger partial charge is 0.497 e. The third kappa shape index (κ3) is 5.12. The molecular weight excluding hydrogens is 442 g/mol. The second-order valence-corrected chi connectivity index (χ2v) is 9.54. The predicted molar refractivity (Wildman–Crippen MR) is 126 cm³/mol. The lowest BCUT2D eigenvalue weighted by molar-refractivity contribution is -0.114. The van der Waals surface area contributed by atoms with Crippen molar-refractivity contribution in [3.05, 3.63) is 60.7 Å². The molecule has 1 fully saturated rings. The van der Waals surface area contributed by atoms with Crippen molar-refractivity contribution in [2.24, 2.45) is 0 Å². The van der Waals surface area contributed by atoms with Crippen molar-refractivity contribution >= 4 is 27.4 Å². The SMILES string of the molecule is COc1cccc(-c2ccc(N3CCN(S(=O)(=O)c4ccc(NC(C)=O)cc4)CC3)nn2)c1. The fourth-order valence-corrected chi connectivity index (χ4v) is 5.07. The molecule has 1 aromatic heterocycles. The summed E-state index contributed by atoms with van der Waals surface area (Å²) in [5.74, 6) is 1.25.